The van der Waals surface area contributed by atoms with Crippen molar-refractivity contribution in [3.05, 3.63) is 53.6 Å². The van der Waals surface area contributed by atoms with E-state index >= 15 is 0 Å². The highest BCUT2D eigenvalue weighted by atomic mass is 32.2. The van der Waals surface area contributed by atoms with E-state index in [-0.39, 0.29) is 16.8 Å². The van der Waals surface area contributed by atoms with Crippen LogP contribution in [0.3, 0.4) is 0 Å². The molecule has 2 aromatic carbocycles. The number of hydrogen-bond acceptors (Lipinski definition) is 6. The number of benzene rings is 2. The Hall–Kier alpha value is -2.42. The number of nitrogens with zero attached hydrogens (tertiary/aromatic N) is 2. The number of anilines is 1. The summed E-state index contributed by atoms with van der Waals surface area (Å²) in [5.41, 5.74) is 2.75. The molecule has 0 spiro atoms. The molecule has 2 fully saturated rings. The summed E-state index contributed by atoms with van der Waals surface area (Å²) >= 11 is 0. The first kappa shape index (κ1) is 23.7. The fourth-order valence-electron chi connectivity index (χ4n) is 4.54. The SMILES string of the molecule is CC[C@H](C(=O)Oc1ccc(S(=O)(=O)N2CCNCC2)cc1C)c1ccc(N2CCCC2)cc1. The van der Waals surface area contributed by atoms with E-state index in [1.807, 2.05) is 19.1 Å². The Kier molecular flexibility index (Phi) is 7.36. The number of nitrogens with one attached hydrogen (secondary N) is 1. The van der Waals surface area contributed by atoms with Crippen LogP contribution < -0.4 is 15.0 Å². The van der Waals surface area contributed by atoms with E-state index < -0.39 is 10.0 Å². The fourth-order valence-corrected chi connectivity index (χ4v) is 6.07. The lowest BCUT2D eigenvalue weighted by Gasteiger charge is -2.26. The summed E-state index contributed by atoms with van der Waals surface area (Å²) in [5, 5.41) is 3.16. The van der Waals surface area contributed by atoms with Gasteiger partial charge in [0.25, 0.3) is 0 Å². The van der Waals surface area contributed by atoms with Crippen molar-refractivity contribution in [1.29, 1.82) is 0 Å². The number of ether oxygens (including phenoxy) is 1. The highest BCUT2D eigenvalue weighted by molar-refractivity contribution is 7.89. The third-order valence-electron chi connectivity index (χ3n) is 6.53. The van der Waals surface area contributed by atoms with E-state index in [1.165, 1.54) is 28.9 Å². The predicted octanol–water partition coefficient (Wildman–Crippen LogP) is 3.29. The summed E-state index contributed by atoms with van der Waals surface area (Å²) in [5.74, 6) is -0.306. The quantitative estimate of drug-likeness (QED) is 0.493. The minimum absolute atomic E-state index is 0.228. The smallest absolute Gasteiger partial charge is 0.318 e. The van der Waals surface area contributed by atoms with Gasteiger partial charge in [0.2, 0.25) is 10.0 Å². The van der Waals surface area contributed by atoms with Gasteiger partial charge in [-0.1, -0.05) is 19.1 Å². The average Bonchev–Trinajstić information content (AvgIpc) is 3.37. The van der Waals surface area contributed by atoms with Crippen LogP contribution in [0.25, 0.3) is 0 Å². The first-order chi connectivity index (χ1) is 15.9. The van der Waals surface area contributed by atoms with Crippen LogP contribution in [0.2, 0.25) is 0 Å². The maximum absolute atomic E-state index is 13.0. The Morgan fingerprint density at radius 2 is 1.70 bits per heavy atom. The largest absolute Gasteiger partial charge is 0.426 e. The normalized spacial score (nSPS) is 18.3. The summed E-state index contributed by atoms with van der Waals surface area (Å²) in [6.45, 7) is 8.09. The highest BCUT2D eigenvalue weighted by Crippen LogP contribution is 2.29. The van der Waals surface area contributed by atoms with E-state index in [0.29, 0.717) is 43.9 Å². The summed E-state index contributed by atoms with van der Waals surface area (Å²) < 4.78 is 33.1. The van der Waals surface area contributed by atoms with Gasteiger partial charge >= 0.3 is 5.97 Å². The van der Waals surface area contributed by atoms with Crippen molar-refractivity contribution in [2.75, 3.05) is 44.2 Å². The zero-order chi connectivity index (χ0) is 23.4. The molecule has 1 N–H and O–H groups in total. The predicted molar refractivity (Wildman–Crippen MR) is 129 cm³/mol. The van der Waals surface area contributed by atoms with Crippen LogP contribution >= 0.6 is 0 Å². The number of piperazine rings is 1. The molecule has 2 saturated heterocycles. The molecule has 4 rings (SSSR count). The Labute approximate surface area is 196 Å². The molecule has 0 aromatic heterocycles. The summed E-state index contributed by atoms with van der Waals surface area (Å²) in [7, 11) is -3.56. The molecular formula is C25H33N3O4S. The number of esters is 1. The maximum Gasteiger partial charge on any atom is 0.318 e. The molecule has 2 aliphatic rings. The number of hydrogen-bond donors (Lipinski definition) is 1. The molecule has 0 unspecified atom stereocenters. The lowest BCUT2D eigenvalue weighted by molar-refractivity contribution is -0.136. The van der Waals surface area contributed by atoms with Gasteiger partial charge in [-0.05, 0) is 67.6 Å². The molecule has 0 radical (unpaired) electrons. The molecule has 8 heteroatoms. The molecule has 7 nitrogen and oxygen atoms in total. The van der Waals surface area contributed by atoms with Gasteiger partial charge in [-0.15, -0.1) is 0 Å². The minimum Gasteiger partial charge on any atom is -0.426 e. The van der Waals surface area contributed by atoms with Crippen LogP contribution in [0.1, 0.15) is 43.2 Å². The van der Waals surface area contributed by atoms with Gasteiger partial charge in [0.05, 0.1) is 10.8 Å². The zero-order valence-corrected chi connectivity index (χ0v) is 20.2. The molecule has 2 heterocycles. The van der Waals surface area contributed by atoms with Gasteiger partial charge in [0, 0.05) is 45.0 Å². The Morgan fingerprint density at radius 3 is 2.30 bits per heavy atom. The van der Waals surface area contributed by atoms with E-state index in [2.05, 4.69) is 22.3 Å². The summed E-state index contributed by atoms with van der Waals surface area (Å²) in [4.78, 5) is 15.6. The second kappa shape index (κ2) is 10.2. The lowest BCUT2D eigenvalue weighted by Crippen LogP contribution is -2.46. The monoisotopic (exact) mass is 471 g/mol. The van der Waals surface area contributed by atoms with Gasteiger partial charge in [-0.25, -0.2) is 8.42 Å². The molecule has 178 valence electrons. The highest BCUT2D eigenvalue weighted by Gasteiger charge is 2.27. The zero-order valence-electron chi connectivity index (χ0n) is 19.4. The van der Waals surface area contributed by atoms with Crippen LogP contribution in [0.15, 0.2) is 47.4 Å². The molecular weight excluding hydrogens is 438 g/mol. The molecule has 2 aromatic rings. The van der Waals surface area contributed by atoms with E-state index in [1.54, 1.807) is 19.1 Å². The van der Waals surface area contributed by atoms with E-state index in [9.17, 15) is 13.2 Å². The Bertz CT molecular complexity index is 1070. The molecule has 0 amide bonds. The summed E-state index contributed by atoms with van der Waals surface area (Å²) in [6, 6.07) is 12.9. The number of rotatable bonds is 7. The van der Waals surface area contributed by atoms with Gasteiger partial charge in [0.1, 0.15) is 5.75 Å². The second-order valence-electron chi connectivity index (χ2n) is 8.75. The molecule has 0 aliphatic carbocycles. The van der Waals surface area contributed by atoms with Crippen molar-refractivity contribution in [2.45, 2.75) is 43.9 Å². The van der Waals surface area contributed by atoms with Crippen LogP contribution in [-0.4, -0.2) is 58.0 Å². The molecule has 1 atom stereocenters. The topological polar surface area (TPSA) is 79.0 Å². The minimum atomic E-state index is -3.56. The Morgan fingerprint density at radius 1 is 1.03 bits per heavy atom. The number of aryl methyl sites for hydroxylation is 1. The van der Waals surface area contributed by atoms with Crippen LogP contribution in [0.5, 0.6) is 5.75 Å². The Balaban J connectivity index is 1.46. The van der Waals surface area contributed by atoms with Gasteiger partial charge < -0.3 is 15.0 Å². The first-order valence-corrected chi connectivity index (χ1v) is 13.2. The van der Waals surface area contributed by atoms with Crippen molar-refractivity contribution in [2.24, 2.45) is 0 Å². The van der Waals surface area contributed by atoms with Crippen molar-refractivity contribution in [1.82, 2.24) is 9.62 Å². The van der Waals surface area contributed by atoms with Gasteiger partial charge in [-0.2, -0.15) is 4.31 Å². The summed E-state index contributed by atoms with van der Waals surface area (Å²) in [6.07, 6.45) is 3.07. The number of carbonyl (C=O) groups excluding carboxylic acids is 1. The fraction of sp³-hybridized carbons (Fsp3) is 0.480. The van der Waals surface area contributed by atoms with Crippen LogP contribution in [-0.2, 0) is 14.8 Å². The van der Waals surface area contributed by atoms with Crippen LogP contribution in [0, 0.1) is 6.92 Å². The van der Waals surface area contributed by atoms with Gasteiger partial charge in [0.15, 0.2) is 0 Å². The maximum atomic E-state index is 13.0. The van der Waals surface area contributed by atoms with E-state index in [0.717, 1.165) is 18.7 Å². The number of carbonyl (C=O) groups is 1. The molecule has 2 aliphatic heterocycles. The van der Waals surface area contributed by atoms with Crippen LogP contribution in [0.4, 0.5) is 5.69 Å². The third-order valence-corrected chi connectivity index (χ3v) is 8.42. The van der Waals surface area contributed by atoms with Gasteiger partial charge in [-0.3, -0.25) is 4.79 Å². The average molecular weight is 472 g/mol. The lowest BCUT2D eigenvalue weighted by atomic mass is 9.96. The standard InChI is InChI=1S/C25H33N3O4S/c1-3-23(20-6-8-21(9-7-20)27-14-4-5-15-27)25(29)32-24-11-10-22(18-19(24)2)33(30,31)28-16-12-26-13-17-28/h6-11,18,23,26H,3-5,12-17H2,1-2H3/t23-/m0/s1. The van der Waals surface area contributed by atoms with Crippen molar-refractivity contribution in [3.8, 4) is 5.75 Å². The van der Waals surface area contributed by atoms with Crippen molar-refractivity contribution in [3.63, 3.8) is 0 Å². The molecule has 33 heavy (non-hydrogen) atoms. The van der Waals surface area contributed by atoms with Crippen molar-refractivity contribution < 1.29 is 17.9 Å². The molecule has 0 saturated carbocycles. The first-order valence-electron chi connectivity index (χ1n) is 11.8. The third kappa shape index (κ3) is 5.23. The number of sulfonamides is 1. The molecule has 0 bridgehead atoms. The van der Waals surface area contributed by atoms with Crippen molar-refractivity contribution >= 4 is 21.7 Å². The van der Waals surface area contributed by atoms with E-state index in [4.69, 9.17) is 4.74 Å². The second-order valence-corrected chi connectivity index (χ2v) is 10.7.